The molecule has 8 nitrogen and oxygen atoms in total. The van der Waals surface area contributed by atoms with Crippen molar-refractivity contribution in [2.45, 2.75) is 72.6 Å². The predicted molar refractivity (Wildman–Crippen MR) is 134 cm³/mol. The molecular formula is C27H34O8. The normalized spacial score (nSPS) is 10.8. The highest BCUT2D eigenvalue weighted by Gasteiger charge is 2.25. The van der Waals surface area contributed by atoms with Crippen LogP contribution in [-0.4, -0.2) is 26.4 Å². The third-order valence-electron chi connectivity index (χ3n) is 5.68. The van der Waals surface area contributed by atoms with E-state index < -0.39 is 23.1 Å². The van der Waals surface area contributed by atoms with Crippen LogP contribution in [0.15, 0.2) is 33.5 Å². The first-order chi connectivity index (χ1) is 16.3. The van der Waals surface area contributed by atoms with Gasteiger partial charge in [0.25, 0.3) is 0 Å². The second-order valence-electron chi connectivity index (χ2n) is 8.33. The van der Waals surface area contributed by atoms with Crippen LogP contribution in [0.4, 0.5) is 0 Å². The van der Waals surface area contributed by atoms with Crippen LogP contribution in [0.5, 0.6) is 28.7 Å². The fourth-order valence-electron chi connectivity index (χ4n) is 4.02. The molecule has 0 saturated heterocycles. The Morgan fingerprint density at radius 2 is 1.57 bits per heavy atom. The van der Waals surface area contributed by atoms with Crippen molar-refractivity contribution in [3.05, 3.63) is 51.6 Å². The molecule has 0 bridgehead atoms. The van der Waals surface area contributed by atoms with Crippen molar-refractivity contribution in [3.8, 4) is 28.7 Å². The molecule has 0 spiro atoms. The van der Waals surface area contributed by atoms with E-state index in [1.807, 2.05) is 6.92 Å². The van der Waals surface area contributed by atoms with Crippen LogP contribution in [-0.2, 0) is 12.8 Å². The molecule has 3 rings (SSSR count). The maximum absolute atomic E-state index is 12.8. The van der Waals surface area contributed by atoms with Gasteiger partial charge >= 0.3 is 11.6 Å². The first-order valence-corrected chi connectivity index (χ1v) is 11.5. The number of fused-ring (bicyclic) bond motifs is 1. The summed E-state index contributed by atoms with van der Waals surface area (Å²) in [5, 5.41) is 41.1. The minimum Gasteiger partial charge on any atom is -0.508 e. The van der Waals surface area contributed by atoms with Crippen LogP contribution in [0, 0.1) is 0 Å². The zero-order valence-corrected chi connectivity index (χ0v) is 19.4. The summed E-state index contributed by atoms with van der Waals surface area (Å²) in [5.41, 5.74) is -0.933. The number of unbranched alkanes of at least 4 members (excludes halogenated alkanes) is 4. The van der Waals surface area contributed by atoms with Gasteiger partial charge in [0.15, 0.2) is 11.5 Å². The van der Waals surface area contributed by atoms with E-state index in [1.165, 1.54) is 12.1 Å². The molecule has 1 aromatic heterocycles. The summed E-state index contributed by atoms with van der Waals surface area (Å²) in [7, 11) is 0. The van der Waals surface area contributed by atoms with Crippen LogP contribution in [0.2, 0.25) is 0 Å². The van der Waals surface area contributed by atoms with Gasteiger partial charge in [0.05, 0.1) is 0 Å². The number of phenols is 3. The number of ether oxygens (including phenoxy) is 1. The molecule has 0 aliphatic carbocycles. The number of hydrogen-bond donors (Lipinski definition) is 4. The maximum Gasteiger partial charge on any atom is 0.347 e. The fraction of sp³-hybridized carbons (Fsp3) is 0.407. The van der Waals surface area contributed by atoms with Crippen molar-refractivity contribution in [2.24, 2.45) is 0 Å². The molecule has 0 fully saturated rings. The number of phenolic OH excluding ortho intramolecular Hbond substituents is 2. The average Bonchev–Trinajstić information content (AvgIpc) is 2.75. The second kappa shape index (κ2) is 12.1. The molecule has 2 aromatic carbocycles. The van der Waals surface area contributed by atoms with Gasteiger partial charge in [0.1, 0.15) is 34.0 Å². The fourth-order valence-corrected chi connectivity index (χ4v) is 4.02. The molecule has 0 unspecified atom stereocenters. The van der Waals surface area contributed by atoms with E-state index in [-0.39, 0.29) is 47.6 Å². The Balaban J connectivity index is 0.00000432. The van der Waals surface area contributed by atoms with Crippen molar-refractivity contribution in [3.63, 3.8) is 0 Å². The van der Waals surface area contributed by atoms with E-state index >= 15 is 0 Å². The summed E-state index contributed by atoms with van der Waals surface area (Å²) in [6.07, 6.45) is 5.94. The zero-order valence-electron chi connectivity index (χ0n) is 19.4. The first kappa shape index (κ1) is 27.6. The van der Waals surface area contributed by atoms with E-state index in [2.05, 4.69) is 6.92 Å². The quantitative estimate of drug-likeness (QED) is 0.225. The van der Waals surface area contributed by atoms with Crippen molar-refractivity contribution in [1.82, 2.24) is 0 Å². The van der Waals surface area contributed by atoms with E-state index in [1.54, 1.807) is 6.07 Å². The number of aromatic carboxylic acids is 1. The Hall–Kier alpha value is -3.68. The molecule has 0 saturated carbocycles. The van der Waals surface area contributed by atoms with E-state index in [0.29, 0.717) is 24.0 Å². The number of benzene rings is 2. The van der Waals surface area contributed by atoms with Crippen molar-refractivity contribution in [1.29, 1.82) is 0 Å². The van der Waals surface area contributed by atoms with Crippen molar-refractivity contribution in [2.75, 3.05) is 0 Å². The average molecular weight is 487 g/mol. The topological polar surface area (TPSA) is 137 Å². The van der Waals surface area contributed by atoms with Gasteiger partial charge in [-0.25, -0.2) is 9.59 Å². The largest absolute Gasteiger partial charge is 0.508 e. The Bertz CT molecular complexity index is 1240. The molecular weight excluding hydrogens is 452 g/mol. The number of rotatable bonds is 11. The summed E-state index contributed by atoms with van der Waals surface area (Å²) in [6, 6.07) is 5.18. The van der Waals surface area contributed by atoms with Gasteiger partial charge in [-0.2, -0.15) is 0 Å². The predicted octanol–water partition coefficient (Wildman–Crippen LogP) is 6.50. The minimum atomic E-state index is -1.37. The van der Waals surface area contributed by atoms with E-state index in [9.17, 15) is 30.0 Å². The Morgan fingerprint density at radius 3 is 2.20 bits per heavy atom. The summed E-state index contributed by atoms with van der Waals surface area (Å²) in [4.78, 5) is 24.7. The molecule has 4 N–H and O–H groups in total. The highest BCUT2D eigenvalue weighted by molar-refractivity contribution is 5.94. The Morgan fingerprint density at radius 1 is 0.914 bits per heavy atom. The summed E-state index contributed by atoms with van der Waals surface area (Å²) in [6.45, 7) is 4.06. The number of carbonyl (C=O) groups is 1. The first-order valence-electron chi connectivity index (χ1n) is 11.5. The summed E-state index contributed by atoms with van der Waals surface area (Å²) >= 11 is 0. The highest BCUT2D eigenvalue weighted by atomic mass is 16.5. The molecule has 8 heteroatoms. The number of aryl methyl sites for hydroxylation is 1. The van der Waals surface area contributed by atoms with Gasteiger partial charge in [-0.05, 0) is 36.8 Å². The molecule has 0 atom stereocenters. The molecule has 0 radical (unpaired) electrons. The van der Waals surface area contributed by atoms with Gasteiger partial charge in [-0.3, -0.25) is 0 Å². The van der Waals surface area contributed by atoms with Gasteiger partial charge in [-0.1, -0.05) is 47.0 Å². The standard InChI is InChI=1S/C26H30O8.CH4/c1-3-5-7-9-17-12-15-11-16(27)13-21(22(15)26(32)33-17)34-24-18(10-8-6-4-2)23(25(30)31)19(28)14-20(24)29;/h11-14,27-29H,3-10H2,1-2H3,(H,30,31);1H4. The SMILES string of the molecule is C.CCCCCc1cc2cc(O)cc(Oc3c(O)cc(O)c(C(=O)O)c3CCCCC)c2c(=O)o1. The van der Waals surface area contributed by atoms with Crippen molar-refractivity contribution >= 4 is 16.7 Å². The van der Waals surface area contributed by atoms with Gasteiger partial charge in [-0.15, -0.1) is 0 Å². The van der Waals surface area contributed by atoms with Crippen LogP contribution in [0.1, 0.15) is 81.5 Å². The summed E-state index contributed by atoms with van der Waals surface area (Å²) < 4.78 is 11.3. The maximum atomic E-state index is 12.8. The third-order valence-corrected chi connectivity index (χ3v) is 5.68. The lowest BCUT2D eigenvalue weighted by atomic mass is 9.98. The second-order valence-corrected chi connectivity index (χ2v) is 8.33. The minimum absolute atomic E-state index is 0. The van der Waals surface area contributed by atoms with Crippen LogP contribution in [0.25, 0.3) is 10.8 Å². The zero-order chi connectivity index (χ0) is 24.8. The van der Waals surface area contributed by atoms with Gasteiger partial charge in [0, 0.05) is 24.1 Å². The van der Waals surface area contributed by atoms with Crippen molar-refractivity contribution < 1.29 is 34.4 Å². The number of carboxylic acids is 1. The van der Waals surface area contributed by atoms with E-state index in [4.69, 9.17) is 9.15 Å². The van der Waals surface area contributed by atoms with E-state index in [0.717, 1.165) is 38.2 Å². The third kappa shape index (κ3) is 6.26. The van der Waals surface area contributed by atoms with Crippen LogP contribution < -0.4 is 10.4 Å². The molecule has 0 aliphatic rings. The highest BCUT2D eigenvalue weighted by Crippen LogP contribution is 2.43. The lowest BCUT2D eigenvalue weighted by Gasteiger charge is -2.17. The summed E-state index contributed by atoms with van der Waals surface area (Å²) in [5.74, 6) is -2.39. The monoisotopic (exact) mass is 486 g/mol. The van der Waals surface area contributed by atoms with Gasteiger partial charge in [0.2, 0.25) is 0 Å². The number of hydrogen-bond acceptors (Lipinski definition) is 7. The smallest absolute Gasteiger partial charge is 0.347 e. The molecule has 1 heterocycles. The van der Waals surface area contributed by atoms with Crippen LogP contribution in [0.3, 0.4) is 0 Å². The molecule has 190 valence electrons. The van der Waals surface area contributed by atoms with Crippen LogP contribution >= 0.6 is 0 Å². The Labute approximate surface area is 204 Å². The lowest BCUT2D eigenvalue weighted by molar-refractivity contribution is 0.0692. The number of carboxylic acid groups (broad SMARTS) is 1. The van der Waals surface area contributed by atoms with Gasteiger partial charge < -0.3 is 29.6 Å². The molecule has 0 aliphatic heterocycles. The lowest BCUT2D eigenvalue weighted by Crippen LogP contribution is -2.07. The number of aromatic hydroxyl groups is 3. The molecule has 3 aromatic rings. The molecule has 0 amide bonds. The Kier molecular flexibility index (Phi) is 9.57. The molecule has 35 heavy (non-hydrogen) atoms.